The standard InChI is InChI=1S/C8H14N4O/c1-4(2)12-7(9)6(8(10)13)5(3)11-12/h4H,9H2,1-3H3,(H2,10,13). The van der Waals surface area contributed by atoms with Crippen molar-refractivity contribution in [3.05, 3.63) is 11.3 Å². The summed E-state index contributed by atoms with van der Waals surface area (Å²) < 4.78 is 1.59. The summed E-state index contributed by atoms with van der Waals surface area (Å²) in [5.74, 6) is -0.179. The molecule has 0 saturated carbocycles. The minimum absolute atomic E-state index is 0.131. The van der Waals surface area contributed by atoms with Crippen LogP contribution in [0.2, 0.25) is 0 Å². The number of hydrogen-bond donors (Lipinski definition) is 2. The van der Waals surface area contributed by atoms with E-state index in [-0.39, 0.29) is 6.04 Å². The van der Waals surface area contributed by atoms with Crippen LogP contribution in [0.3, 0.4) is 0 Å². The average Bonchev–Trinajstić information content (AvgIpc) is 2.26. The van der Waals surface area contributed by atoms with Crippen LogP contribution < -0.4 is 11.5 Å². The highest BCUT2D eigenvalue weighted by Crippen LogP contribution is 2.19. The fourth-order valence-electron chi connectivity index (χ4n) is 1.26. The molecular formula is C8H14N4O. The quantitative estimate of drug-likeness (QED) is 0.696. The van der Waals surface area contributed by atoms with E-state index in [4.69, 9.17) is 11.5 Å². The molecule has 13 heavy (non-hydrogen) atoms. The molecule has 0 aliphatic carbocycles. The van der Waals surface area contributed by atoms with Gasteiger partial charge in [0.15, 0.2) is 0 Å². The van der Waals surface area contributed by atoms with Crippen LogP contribution in [-0.2, 0) is 0 Å². The maximum Gasteiger partial charge on any atom is 0.254 e. The molecule has 0 atom stereocenters. The van der Waals surface area contributed by atoms with Crippen LogP contribution in [0.4, 0.5) is 5.82 Å². The first kappa shape index (κ1) is 9.57. The molecule has 0 saturated heterocycles. The van der Waals surface area contributed by atoms with E-state index >= 15 is 0 Å². The third kappa shape index (κ3) is 1.49. The van der Waals surface area contributed by atoms with Crippen LogP contribution in [-0.4, -0.2) is 15.7 Å². The second kappa shape index (κ2) is 3.08. The number of carbonyl (C=O) groups excluding carboxylic acids is 1. The van der Waals surface area contributed by atoms with Gasteiger partial charge in [-0.2, -0.15) is 5.10 Å². The molecule has 0 fully saturated rings. The molecule has 5 heteroatoms. The van der Waals surface area contributed by atoms with Crippen molar-refractivity contribution in [2.24, 2.45) is 5.73 Å². The molecule has 0 radical (unpaired) electrons. The van der Waals surface area contributed by atoms with Crippen LogP contribution in [0.1, 0.15) is 35.9 Å². The summed E-state index contributed by atoms with van der Waals surface area (Å²) in [7, 11) is 0. The Kier molecular flexibility index (Phi) is 2.27. The zero-order chi connectivity index (χ0) is 10.2. The van der Waals surface area contributed by atoms with Crippen molar-refractivity contribution in [3.63, 3.8) is 0 Å². The first-order valence-electron chi connectivity index (χ1n) is 4.09. The van der Waals surface area contributed by atoms with Crippen molar-refractivity contribution >= 4 is 11.7 Å². The molecule has 0 aromatic carbocycles. The molecule has 0 spiro atoms. The molecular weight excluding hydrogens is 168 g/mol. The zero-order valence-corrected chi connectivity index (χ0v) is 8.03. The summed E-state index contributed by atoms with van der Waals surface area (Å²) in [6.45, 7) is 5.59. The smallest absolute Gasteiger partial charge is 0.254 e. The number of nitrogens with zero attached hydrogens (tertiary/aromatic N) is 2. The molecule has 1 aromatic heterocycles. The Morgan fingerprint density at radius 2 is 2.08 bits per heavy atom. The van der Waals surface area contributed by atoms with Crippen LogP contribution in [0, 0.1) is 6.92 Å². The number of nitrogens with two attached hydrogens (primary N) is 2. The molecule has 0 aliphatic heterocycles. The van der Waals surface area contributed by atoms with Crippen molar-refractivity contribution in [2.45, 2.75) is 26.8 Å². The monoisotopic (exact) mass is 182 g/mol. The van der Waals surface area contributed by atoms with Crippen molar-refractivity contribution in [1.82, 2.24) is 9.78 Å². The Labute approximate surface area is 76.7 Å². The first-order chi connectivity index (χ1) is 5.95. The number of rotatable bonds is 2. The van der Waals surface area contributed by atoms with Crippen LogP contribution in [0.5, 0.6) is 0 Å². The molecule has 4 N–H and O–H groups in total. The van der Waals surface area contributed by atoms with Crippen molar-refractivity contribution in [1.29, 1.82) is 0 Å². The maximum absolute atomic E-state index is 11.0. The number of anilines is 1. The number of amides is 1. The van der Waals surface area contributed by atoms with Crippen molar-refractivity contribution in [3.8, 4) is 0 Å². The molecule has 1 heterocycles. The molecule has 0 aliphatic rings. The van der Waals surface area contributed by atoms with Gasteiger partial charge in [0.05, 0.1) is 5.69 Å². The molecule has 0 bridgehead atoms. The van der Waals surface area contributed by atoms with Gasteiger partial charge in [-0.05, 0) is 20.8 Å². The van der Waals surface area contributed by atoms with E-state index in [9.17, 15) is 4.79 Å². The van der Waals surface area contributed by atoms with E-state index in [1.165, 1.54) is 0 Å². The highest BCUT2D eigenvalue weighted by molar-refractivity contribution is 5.98. The fraction of sp³-hybridized carbons (Fsp3) is 0.500. The largest absolute Gasteiger partial charge is 0.383 e. The Bertz CT molecular complexity index is 340. The van der Waals surface area contributed by atoms with E-state index < -0.39 is 5.91 Å². The molecule has 5 nitrogen and oxygen atoms in total. The van der Waals surface area contributed by atoms with Gasteiger partial charge in [0.25, 0.3) is 5.91 Å². The Hall–Kier alpha value is -1.52. The first-order valence-corrected chi connectivity index (χ1v) is 4.09. The predicted molar refractivity (Wildman–Crippen MR) is 50.3 cm³/mol. The van der Waals surface area contributed by atoms with Gasteiger partial charge in [-0.3, -0.25) is 4.79 Å². The Morgan fingerprint density at radius 1 is 1.54 bits per heavy atom. The van der Waals surface area contributed by atoms with Gasteiger partial charge in [-0.1, -0.05) is 0 Å². The summed E-state index contributed by atoms with van der Waals surface area (Å²) in [5.41, 5.74) is 11.8. The maximum atomic E-state index is 11.0. The summed E-state index contributed by atoms with van der Waals surface area (Å²) >= 11 is 0. The Balaban J connectivity index is 3.30. The van der Waals surface area contributed by atoms with Gasteiger partial charge in [0.1, 0.15) is 11.4 Å². The predicted octanol–water partition coefficient (Wildman–Crippen LogP) is 0.454. The number of nitrogen functional groups attached to an aromatic ring is 1. The van der Waals surface area contributed by atoms with E-state index in [0.29, 0.717) is 17.1 Å². The van der Waals surface area contributed by atoms with E-state index in [1.54, 1.807) is 11.6 Å². The molecule has 1 amide bonds. The van der Waals surface area contributed by atoms with E-state index in [2.05, 4.69) is 5.10 Å². The molecule has 1 aromatic rings. The van der Waals surface area contributed by atoms with Gasteiger partial charge in [0, 0.05) is 6.04 Å². The lowest BCUT2D eigenvalue weighted by Crippen LogP contribution is -2.15. The van der Waals surface area contributed by atoms with Crippen molar-refractivity contribution < 1.29 is 4.79 Å². The summed E-state index contributed by atoms with van der Waals surface area (Å²) in [6, 6.07) is 0.131. The van der Waals surface area contributed by atoms with Crippen LogP contribution in [0.25, 0.3) is 0 Å². The highest BCUT2D eigenvalue weighted by Gasteiger charge is 2.17. The minimum atomic E-state index is -0.526. The van der Waals surface area contributed by atoms with Gasteiger partial charge in [0.2, 0.25) is 0 Å². The van der Waals surface area contributed by atoms with E-state index in [1.807, 2.05) is 13.8 Å². The third-order valence-electron chi connectivity index (χ3n) is 1.86. The second-order valence-corrected chi connectivity index (χ2v) is 3.25. The second-order valence-electron chi connectivity index (χ2n) is 3.25. The average molecular weight is 182 g/mol. The lowest BCUT2D eigenvalue weighted by Gasteiger charge is -2.06. The van der Waals surface area contributed by atoms with E-state index in [0.717, 1.165) is 0 Å². The number of hydrogen-bond acceptors (Lipinski definition) is 3. The molecule has 1 rings (SSSR count). The van der Waals surface area contributed by atoms with Gasteiger partial charge in [-0.25, -0.2) is 4.68 Å². The number of primary amides is 1. The topological polar surface area (TPSA) is 86.9 Å². The Morgan fingerprint density at radius 3 is 2.31 bits per heavy atom. The lowest BCUT2D eigenvalue weighted by molar-refractivity contribution is 0.100. The van der Waals surface area contributed by atoms with Crippen LogP contribution in [0.15, 0.2) is 0 Å². The minimum Gasteiger partial charge on any atom is -0.383 e. The summed E-state index contributed by atoms with van der Waals surface area (Å²) in [6.07, 6.45) is 0. The number of aryl methyl sites for hydroxylation is 1. The fourth-order valence-corrected chi connectivity index (χ4v) is 1.26. The van der Waals surface area contributed by atoms with Gasteiger partial charge < -0.3 is 11.5 Å². The SMILES string of the molecule is Cc1nn(C(C)C)c(N)c1C(N)=O. The highest BCUT2D eigenvalue weighted by atomic mass is 16.1. The molecule has 72 valence electrons. The number of aromatic nitrogens is 2. The molecule has 0 unspecified atom stereocenters. The summed E-state index contributed by atoms with van der Waals surface area (Å²) in [4.78, 5) is 11.0. The lowest BCUT2D eigenvalue weighted by atomic mass is 10.2. The third-order valence-corrected chi connectivity index (χ3v) is 1.86. The zero-order valence-electron chi connectivity index (χ0n) is 8.03. The van der Waals surface area contributed by atoms with Gasteiger partial charge >= 0.3 is 0 Å². The van der Waals surface area contributed by atoms with Crippen molar-refractivity contribution in [2.75, 3.05) is 5.73 Å². The normalized spacial score (nSPS) is 10.8. The summed E-state index contributed by atoms with van der Waals surface area (Å²) in [5, 5.41) is 4.12. The number of carbonyl (C=O) groups is 1. The van der Waals surface area contributed by atoms with Gasteiger partial charge in [-0.15, -0.1) is 0 Å². The van der Waals surface area contributed by atoms with Crippen LogP contribution >= 0.6 is 0 Å².